The number of ether oxygens (including phenoxy) is 6. The average molecular weight is 942 g/mol. The van der Waals surface area contributed by atoms with Crippen molar-refractivity contribution < 1.29 is 62.6 Å². The first-order valence-electron chi connectivity index (χ1n) is 24.8. The van der Waals surface area contributed by atoms with Crippen molar-refractivity contribution in [1.82, 2.24) is 4.90 Å². The number of carbonyl (C=O) groups excluding carboxylic acids is 5. The molecule has 378 valence electrons. The van der Waals surface area contributed by atoms with Gasteiger partial charge in [0, 0.05) is 65.6 Å². The molecule has 2 N–H and O–H groups in total. The molecular weight excluding hydrogens is 859 g/mol. The van der Waals surface area contributed by atoms with Crippen molar-refractivity contribution >= 4 is 29.2 Å². The molecule has 0 radical (unpaired) electrons. The Kier molecular flexibility index (Phi) is 22.3. The van der Waals surface area contributed by atoms with Gasteiger partial charge in [0.05, 0.1) is 30.8 Å². The van der Waals surface area contributed by atoms with Crippen LogP contribution in [-0.4, -0.2) is 134 Å². The van der Waals surface area contributed by atoms with Crippen LogP contribution in [0.4, 0.5) is 0 Å². The zero-order valence-electron chi connectivity index (χ0n) is 42.3. The fourth-order valence-electron chi connectivity index (χ4n) is 10.6. The summed E-state index contributed by atoms with van der Waals surface area (Å²) in [7, 11) is 6.19. The summed E-state index contributed by atoms with van der Waals surface area (Å²) in [6.07, 6.45) is 12.8. The minimum atomic E-state index is -1.91. The number of piperidine rings is 1. The largest absolute Gasteiger partial charge is 0.460 e. The zero-order valence-corrected chi connectivity index (χ0v) is 42.3. The van der Waals surface area contributed by atoms with Crippen molar-refractivity contribution in [3.05, 3.63) is 47.6 Å². The molecule has 14 nitrogen and oxygen atoms in total. The van der Waals surface area contributed by atoms with Gasteiger partial charge in [0.25, 0.3) is 5.91 Å². The average Bonchev–Trinajstić information content (AvgIpc) is 3.30. The van der Waals surface area contributed by atoms with E-state index < -0.39 is 78.3 Å². The van der Waals surface area contributed by atoms with Gasteiger partial charge in [-0.25, -0.2) is 4.79 Å². The van der Waals surface area contributed by atoms with Gasteiger partial charge in [-0.15, -0.1) is 0 Å². The highest BCUT2D eigenvalue weighted by molar-refractivity contribution is 6.36. The number of hydrogen-bond donors (Lipinski definition) is 2. The van der Waals surface area contributed by atoms with E-state index >= 15 is 0 Å². The quantitative estimate of drug-likeness (QED) is 0.148. The van der Waals surface area contributed by atoms with Crippen molar-refractivity contribution in [3.63, 3.8) is 0 Å². The smallest absolute Gasteiger partial charge is 0.329 e. The summed E-state index contributed by atoms with van der Waals surface area (Å²) in [4.78, 5) is 71.8. The van der Waals surface area contributed by atoms with Crippen molar-refractivity contribution in [1.29, 1.82) is 0 Å². The monoisotopic (exact) mass is 942 g/mol. The zero-order chi connectivity index (χ0) is 49.6. The second-order valence-electron chi connectivity index (χ2n) is 20.2. The van der Waals surface area contributed by atoms with Crippen molar-refractivity contribution in [3.8, 4) is 0 Å². The van der Waals surface area contributed by atoms with Crippen LogP contribution in [0.25, 0.3) is 0 Å². The number of allylic oxidation sites excluding steroid dienone is 6. The standard InChI is InChI=1S/C53H83NO13/c1-32-17-13-12-14-18-33(2)45(62-8)29-40-22-20-38(7)53(61,67-40)31-44(57)51(59)54-24-16-15-19-41(54)52(60)66-46(35(4)27-39-21-23-42(55)47(28-39)63-9)30-43(56)34(3)26-37(6)49(64-10)50(65-11)48(58)36(5)25-32/h12-14,17-18,26,32,34-36,38-42,45-47,49-50,55,61H,15-16,19-25,27-31H2,1-11H3/b14-12+,17-13+,33-18?,37-26+/t32-,34-,35-,36-,38-,39+,40+,41+,42-,45+,46+,47-,49-,50+,53+/m1/s1. The molecule has 3 fully saturated rings. The Hall–Kier alpha value is -3.37. The van der Waals surface area contributed by atoms with Crippen molar-refractivity contribution in [2.24, 2.45) is 35.5 Å². The highest BCUT2D eigenvalue weighted by Gasteiger charge is 2.47. The van der Waals surface area contributed by atoms with E-state index in [2.05, 4.69) is 6.92 Å². The Labute approximate surface area is 400 Å². The second-order valence-corrected chi connectivity index (χ2v) is 20.2. The molecule has 0 unspecified atom stereocenters. The van der Waals surface area contributed by atoms with Gasteiger partial charge < -0.3 is 43.5 Å². The molecule has 4 aliphatic rings. The summed E-state index contributed by atoms with van der Waals surface area (Å²) >= 11 is 0. The highest BCUT2D eigenvalue weighted by atomic mass is 16.6. The van der Waals surface area contributed by atoms with Crippen LogP contribution in [0.5, 0.6) is 0 Å². The number of methoxy groups -OCH3 is 4. The maximum Gasteiger partial charge on any atom is 0.329 e. The number of ketones is 3. The topological polar surface area (TPSA) is 184 Å². The van der Waals surface area contributed by atoms with Crippen LogP contribution in [-0.2, 0) is 52.4 Å². The summed E-state index contributed by atoms with van der Waals surface area (Å²) in [5.74, 6) is -6.19. The summed E-state index contributed by atoms with van der Waals surface area (Å²) < 4.78 is 35.7. The van der Waals surface area contributed by atoms with Crippen molar-refractivity contribution in [2.75, 3.05) is 35.0 Å². The lowest BCUT2D eigenvalue weighted by atomic mass is 9.78. The SMILES string of the molecule is CO[C@H]1C[C@@H]2CC[C@@H](C)[C@](O)(CC(=O)C(=O)N3CCCC[C@H]3C(=O)O[C@H]([C@H](C)C[C@@H]3CC[C@@H](O)[C@H](OC)C3)CC(=O)[C@H](C)/C=C(\C)[C@@H](OC)[C@@H](OC)C(=O)[C@H](C)C[C@H](C)/C=C/C=C/C=C1C)O2. The molecule has 3 aliphatic heterocycles. The molecule has 0 aromatic rings. The normalized spacial score (nSPS) is 39.0. The number of Topliss-reactive ketones (excluding diaryl/α,β-unsaturated/α-hetero) is 3. The number of fused-ring (bicyclic) bond motifs is 3. The third-order valence-corrected chi connectivity index (χ3v) is 15.0. The van der Waals surface area contributed by atoms with Gasteiger partial charge >= 0.3 is 5.97 Å². The Morgan fingerprint density at radius 3 is 2.21 bits per heavy atom. The lowest BCUT2D eigenvalue weighted by Crippen LogP contribution is -2.54. The molecule has 1 aliphatic carbocycles. The van der Waals surface area contributed by atoms with E-state index in [0.29, 0.717) is 63.4 Å². The number of hydrogen-bond acceptors (Lipinski definition) is 13. The Morgan fingerprint density at radius 1 is 0.821 bits per heavy atom. The van der Waals surface area contributed by atoms with Crippen LogP contribution in [0.1, 0.15) is 132 Å². The van der Waals surface area contributed by atoms with Gasteiger partial charge in [0.15, 0.2) is 11.6 Å². The van der Waals surface area contributed by atoms with Crippen LogP contribution in [0, 0.1) is 35.5 Å². The van der Waals surface area contributed by atoms with Gasteiger partial charge in [0.1, 0.15) is 30.1 Å². The van der Waals surface area contributed by atoms with E-state index in [0.717, 1.165) is 12.0 Å². The van der Waals surface area contributed by atoms with E-state index in [1.807, 2.05) is 58.1 Å². The van der Waals surface area contributed by atoms with E-state index in [1.54, 1.807) is 34.1 Å². The van der Waals surface area contributed by atoms with Gasteiger partial charge in [-0.05, 0) is 107 Å². The van der Waals surface area contributed by atoms with Gasteiger partial charge in [0.2, 0.25) is 5.78 Å². The van der Waals surface area contributed by atoms with Gasteiger partial charge in [-0.3, -0.25) is 19.2 Å². The van der Waals surface area contributed by atoms with Crippen LogP contribution in [0.2, 0.25) is 0 Å². The number of rotatable bonds is 7. The second kappa shape index (κ2) is 26.6. The molecule has 67 heavy (non-hydrogen) atoms. The molecule has 0 spiro atoms. The summed E-state index contributed by atoms with van der Waals surface area (Å²) in [5, 5.41) is 22.4. The van der Waals surface area contributed by atoms with Crippen molar-refractivity contribution in [2.45, 2.75) is 186 Å². The Balaban J connectivity index is 1.70. The molecular formula is C53H83NO13. The minimum absolute atomic E-state index is 0.0667. The van der Waals surface area contributed by atoms with Gasteiger partial charge in [-0.2, -0.15) is 0 Å². The number of nitrogens with zero attached hydrogens (tertiary/aromatic N) is 1. The first-order valence-corrected chi connectivity index (χ1v) is 24.8. The molecule has 14 heteroatoms. The summed E-state index contributed by atoms with van der Waals surface area (Å²) in [6.45, 7) is 13.4. The number of carbonyl (C=O) groups is 5. The first-order chi connectivity index (χ1) is 31.8. The third-order valence-electron chi connectivity index (χ3n) is 15.0. The molecule has 1 saturated carbocycles. The minimum Gasteiger partial charge on any atom is -0.460 e. The first kappa shape index (κ1) is 56.2. The van der Waals surface area contributed by atoms with E-state index in [9.17, 15) is 34.2 Å². The summed E-state index contributed by atoms with van der Waals surface area (Å²) in [5.41, 5.74) is 1.58. The maximum absolute atomic E-state index is 14.4. The van der Waals surface area contributed by atoms with E-state index in [-0.39, 0.29) is 66.8 Å². The van der Waals surface area contributed by atoms with E-state index in [4.69, 9.17) is 28.4 Å². The number of aliphatic hydroxyl groups is 2. The molecule has 15 atom stereocenters. The summed E-state index contributed by atoms with van der Waals surface area (Å²) in [6, 6.07) is -1.07. The number of esters is 1. The molecule has 2 bridgehead atoms. The van der Waals surface area contributed by atoms with Crippen LogP contribution in [0.15, 0.2) is 47.6 Å². The third kappa shape index (κ3) is 15.6. The molecule has 2 saturated heterocycles. The molecule has 0 aromatic heterocycles. The van der Waals surface area contributed by atoms with Crippen LogP contribution >= 0.6 is 0 Å². The van der Waals surface area contributed by atoms with Crippen LogP contribution in [0.3, 0.4) is 0 Å². The number of aliphatic hydroxyl groups excluding tert-OH is 1. The fourth-order valence-corrected chi connectivity index (χ4v) is 10.6. The predicted octanol–water partition coefficient (Wildman–Crippen LogP) is 7.22. The fraction of sp³-hybridized carbons (Fsp3) is 0.755. The maximum atomic E-state index is 14.4. The lowest BCUT2D eigenvalue weighted by molar-refractivity contribution is -0.282. The molecule has 1 amide bonds. The van der Waals surface area contributed by atoms with Crippen LogP contribution < -0.4 is 0 Å². The number of cyclic esters (lactones) is 1. The lowest BCUT2D eigenvalue weighted by Gasteiger charge is -2.43. The predicted molar refractivity (Wildman–Crippen MR) is 255 cm³/mol. The molecule has 3 heterocycles. The molecule has 4 rings (SSSR count). The number of amides is 1. The highest BCUT2D eigenvalue weighted by Crippen LogP contribution is 2.38. The van der Waals surface area contributed by atoms with E-state index in [1.165, 1.54) is 19.1 Å². The Bertz CT molecular complexity index is 1790. The Morgan fingerprint density at radius 2 is 1.54 bits per heavy atom. The van der Waals surface area contributed by atoms with Gasteiger partial charge in [-0.1, -0.05) is 71.1 Å². The molecule has 0 aromatic carbocycles.